The van der Waals surface area contributed by atoms with Crippen molar-refractivity contribution in [1.82, 2.24) is 0 Å². The molecule has 0 aliphatic heterocycles. The topological polar surface area (TPSA) is 35.2 Å². The van der Waals surface area contributed by atoms with Gasteiger partial charge in [0.05, 0.1) is 6.10 Å². The smallest absolute Gasteiger partial charge is 0.0759 e. The van der Waals surface area contributed by atoms with Gasteiger partial charge in [-0.2, -0.15) is 0 Å². The highest BCUT2D eigenvalue weighted by Crippen LogP contribution is 2.05. The highest BCUT2D eigenvalue weighted by molar-refractivity contribution is 4.49. The molecule has 0 aliphatic carbocycles. The molecule has 0 heterocycles. The molecule has 0 aromatic rings. The first kappa shape index (κ1) is 9.92. The van der Waals surface area contributed by atoms with Gasteiger partial charge in [0.2, 0.25) is 0 Å². The zero-order valence-electron chi connectivity index (χ0n) is 7.10. The maximum atomic E-state index is 4.99. The standard InChI is InChI=1S/C8H19NO/c1-3-4-5-6-7-8(2)10-9/h8H,3-7,9H2,1-2H3/t8-/m0/s1. The minimum absolute atomic E-state index is 0.233. The van der Waals surface area contributed by atoms with E-state index in [0.717, 1.165) is 6.42 Å². The minimum atomic E-state index is 0.233. The van der Waals surface area contributed by atoms with E-state index in [1.165, 1.54) is 25.7 Å². The van der Waals surface area contributed by atoms with Gasteiger partial charge in [0.15, 0.2) is 0 Å². The van der Waals surface area contributed by atoms with Crippen LogP contribution < -0.4 is 5.90 Å². The van der Waals surface area contributed by atoms with E-state index < -0.39 is 0 Å². The molecule has 0 spiro atoms. The molecule has 0 aliphatic rings. The van der Waals surface area contributed by atoms with E-state index in [2.05, 4.69) is 11.8 Å². The summed E-state index contributed by atoms with van der Waals surface area (Å²) in [5, 5.41) is 0. The summed E-state index contributed by atoms with van der Waals surface area (Å²) < 4.78 is 0. The molecule has 2 heteroatoms. The van der Waals surface area contributed by atoms with Crippen LogP contribution in [0.4, 0.5) is 0 Å². The van der Waals surface area contributed by atoms with Crippen molar-refractivity contribution in [3.8, 4) is 0 Å². The SMILES string of the molecule is CCCCCC[C@H](C)ON. The van der Waals surface area contributed by atoms with Crippen molar-refractivity contribution in [3.63, 3.8) is 0 Å². The van der Waals surface area contributed by atoms with Crippen LogP contribution in [-0.4, -0.2) is 6.10 Å². The first-order chi connectivity index (χ1) is 4.81. The Balaban J connectivity index is 2.89. The number of unbranched alkanes of at least 4 members (excludes halogenated alkanes) is 3. The van der Waals surface area contributed by atoms with E-state index in [4.69, 9.17) is 5.90 Å². The van der Waals surface area contributed by atoms with Crippen LogP contribution in [0.3, 0.4) is 0 Å². The molecule has 10 heavy (non-hydrogen) atoms. The van der Waals surface area contributed by atoms with Crippen molar-refractivity contribution in [2.45, 2.75) is 52.1 Å². The fourth-order valence-corrected chi connectivity index (χ4v) is 0.927. The van der Waals surface area contributed by atoms with Crippen molar-refractivity contribution < 1.29 is 4.84 Å². The first-order valence-corrected chi connectivity index (χ1v) is 4.16. The predicted octanol–water partition coefficient (Wildman–Crippen LogP) is 2.24. The average molecular weight is 145 g/mol. The number of hydrogen-bond acceptors (Lipinski definition) is 2. The summed E-state index contributed by atoms with van der Waals surface area (Å²) >= 11 is 0. The van der Waals surface area contributed by atoms with Crippen molar-refractivity contribution in [2.24, 2.45) is 5.90 Å². The van der Waals surface area contributed by atoms with Crippen LogP contribution in [0.5, 0.6) is 0 Å². The number of nitrogens with two attached hydrogens (primary N) is 1. The van der Waals surface area contributed by atoms with Gasteiger partial charge in [0.25, 0.3) is 0 Å². The van der Waals surface area contributed by atoms with E-state index in [9.17, 15) is 0 Å². The van der Waals surface area contributed by atoms with Crippen LogP contribution in [0, 0.1) is 0 Å². The fraction of sp³-hybridized carbons (Fsp3) is 1.00. The van der Waals surface area contributed by atoms with Crippen LogP contribution in [-0.2, 0) is 4.84 Å². The van der Waals surface area contributed by atoms with Gasteiger partial charge in [0.1, 0.15) is 0 Å². The maximum Gasteiger partial charge on any atom is 0.0759 e. The van der Waals surface area contributed by atoms with E-state index >= 15 is 0 Å². The fourth-order valence-electron chi connectivity index (χ4n) is 0.927. The van der Waals surface area contributed by atoms with Gasteiger partial charge >= 0.3 is 0 Å². The largest absolute Gasteiger partial charge is 0.302 e. The second-order valence-corrected chi connectivity index (χ2v) is 2.80. The Kier molecular flexibility index (Phi) is 6.98. The van der Waals surface area contributed by atoms with Gasteiger partial charge < -0.3 is 4.84 Å². The summed E-state index contributed by atoms with van der Waals surface area (Å²) in [7, 11) is 0. The molecule has 0 aromatic carbocycles. The molecule has 62 valence electrons. The second-order valence-electron chi connectivity index (χ2n) is 2.80. The summed E-state index contributed by atoms with van der Waals surface area (Å²) in [5.74, 6) is 4.99. The Morgan fingerprint density at radius 2 is 2.00 bits per heavy atom. The van der Waals surface area contributed by atoms with Gasteiger partial charge in [-0.05, 0) is 13.3 Å². The van der Waals surface area contributed by atoms with Gasteiger partial charge in [-0.1, -0.05) is 32.6 Å². The number of hydrogen-bond donors (Lipinski definition) is 1. The lowest BCUT2D eigenvalue weighted by Crippen LogP contribution is -2.12. The Morgan fingerprint density at radius 1 is 1.30 bits per heavy atom. The Bertz CT molecular complexity index is 66.3. The lowest BCUT2D eigenvalue weighted by Gasteiger charge is -2.06. The van der Waals surface area contributed by atoms with E-state index in [0.29, 0.717) is 0 Å². The summed E-state index contributed by atoms with van der Waals surface area (Å²) in [6.45, 7) is 4.22. The van der Waals surface area contributed by atoms with E-state index in [1.807, 2.05) is 6.92 Å². The van der Waals surface area contributed by atoms with Gasteiger partial charge in [0, 0.05) is 0 Å². The third kappa shape index (κ3) is 6.05. The highest BCUT2D eigenvalue weighted by atomic mass is 16.6. The first-order valence-electron chi connectivity index (χ1n) is 4.16. The van der Waals surface area contributed by atoms with Crippen LogP contribution in [0.25, 0.3) is 0 Å². The van der Waals surface area contributed by atoms with Crippen LogP contribution in [0.1, 0.15) is 46.0 Å². The van der Waals surface area contributed by atoms with E-state index in [1.54, 1.807) is 0 Å². The molecule has 0 aromatic heterocycles. The average Bonchev–Trinajstić information content (AvgIpc) is 1.98. The molecule has 0 saturated heterocycles. The zero-order chi connectivity index (χ0) is 7.82. The van der Waals surface area contributed by atoms with Gasteiger partial charge in [-0.15, -0.1) is 0 Å². The third-order valence-electron chi connectivity index (χ3n) is 1.70. The quantitative estimate of drug-likeness (QED) is 0.459. The van der Waals surface area contributed by atoms with Crippen molar-refractivity contribution in [1.29, 1.82) is 0 Å². The molecule has 0 amide bonds. The zero-order valence-corrected chi connectivity index (χ0v) is 7.10. The Morgan fingerprint density at radius 3 is 2.50 bits per heavy atom. The summed E-state index contributed by atoms with van der Waals surface area (Å²) in [6, 6.07) is 0. The minimum Gasteiger partial charge on any atom is -0.302 e. The molecule has 2 nitrogen and oxygen atoms in total. The molecule has 0 radical (unpaired) electrons. The molecule has 0 rings (SSSR count). The van der Waals surface area contributed by atoms with Crippen LogP contribution in [0.2, 0.25) is 0 Å². The summed E-state index contributed by atoms with van der Waals surface area (Å²) in [4.78, 5) is 4.63. The molecule has 1 atom stereocenters. The molecule has 0 fully saturated rings. The molecular formula is C8H19NO. The molecule has 0 unspecified atom stereocenters. The van der Waals surface area contributed by atoms with Crippen molar-refractivity contribution in [2.75, 3.05) is 0 Å². The summed E-state index contributed by atoms with van der Waals surface area (Å²) in [5.41, 5.74) is 0. The van der Waals surface area contributed by atoms with Crippen molar-refractivity contribution >= 4 is 0 Å². The molecule has 2 N–H and O–H groups in total. The van der Waals surface area contributed by atoms with Gasteiger partial charge in [-0.25, -0.2) is 5.90 Å². The third-order valence-corrected chi connectivity index (χ3v) is 1.70. The maximum absolute atomic E-state index is 4.99. The summed E-state index contributed by atoms with van der Waals surface area (Å²) in [6.07, 6.45) is 6.50. The lowest BCUT2D eigenvalue weighted by molar-refractivity contribution is 0.0588. The number of rotatable bonds is 6. The predicted molar refractivity (Wildman–Crippen MR) is 43.5 cm³/mol. The molecule has 0 bridgehead atoms. The lowest BCUT2D eigenvalue weighted by atomic mass is 10.1. The van der Waals surface area contributed by atoms with Crippen LogP contribution >= 0.6 is 0 Å². The second kappa shape index (κ2) is 7.03. The van der Waals surface area contributed by atoms with Crippen molar-refractivity contribution in [3.05, 3.63) is 0 Å². The van der Waals surface area contributed by atoms with Crippen LogP contribution in [0.15, 0.2) is 0 Å². The van der Waals surface area contributed by atoms with Gasteiger partial charge in [-0.3, -0.25) is 0 Å². The normalized spacial score (nSPS) is 13.5. The molecule has 0 saturated carbocycles. The Labute approximate surface area is 63.7 Å². The monoisotopic (exact) mass is 145 g/mol. The van der Waals surface area contributed by atoms with E-state index in [-0.39, 0.29) is 6.10 Å². The molecular weight excluding hydrogens is 126 g/mol. The highest BCUT2D eigenvalue weighted by Gasteiger charge is 1.97. The Hall–Kier alpha value is -0.0800.